The first-order valence-corrected chi connectivity index (χ1v) is 6.50. The molecule has 1 atom stereocenters. The highest BCUT2D eigenvalue weighted by Gasteiger charge is 2.20. The fourth-order valence-corrected chi connectivity index (χ4v) is 2.44. The number of phenolic OH excluding ortho intramolecular Hbond substituents is 1. The predicted octanol–water partition coefficient (Wildman–Crippen LogP) is 2.89. The van der Waals surface area contributed by atoms with Gasteiger partial charge in [-0.1, -0.05) is 6.07 Å². The molecule has 2 rings (SSSR count). The zero-order chi connectivity index (χ0) is 12.5. The highest BCUT2D eigenvalue weighted by molar-refractivity contribution is 5.36. The van der Waals surface area contributed by atoms with Crippen molar-refractivity contribution in [2.24, 2.45) is 5.92 Å². The van der Waals surface area contributed by atoms with Gasteiger partial charge in [-0.15, -0.1) is 0 Å². The Morgan fingerprint density at radius 1 is 1.29 bits per heavy atom. The number of nitrogens with one attached hydrogen (secondary N) is 1. The second kappa shape index (κ2) is 4.69. The van der Waals surface area contributed by atoms with Crippen LogP contribution in [0, 0.1) is 5.92 Å². The molecule has 1 aliphatic rings. The smallest absolute Gasteiger partial charge is 0.115 e. The van der Waals surface area contributed by atoms with Crippen LogP contribution >= 0.6 is 0 Å². The first-order valence-electron chi connectivity index (χ1n) is 6.50. The van der Waals surface area contributed by atoms with Gasteiger partial charge in [0.2, 0.25) is 0 Å². The number of rotatable bonds is 2. The van der Waals surface area contributed by atoms with Crippen LogP contribution in [-0.4, -0.2) is 17.2 Å². The molecule has 1 aromatic carbocycles. The van der Waals surface area contributed by atoms with Crippen molar-refractivity contribution >= 4 is 0 Å². The Morgan fingerprint density at radius 3 is 2.76 bits per heavy atom. The second-order valence-corrected chi connectivity index (χ2v) is 6.19. The van der Waals surface area contributed by atoms with Crippen molar-refractivity contribution < 1.29 is 5.11 Å². The van der Waals surface area contributed by atoms with Gasteiger partial charge in [0.15, 0.2) is 0 Å². The van der Waals surface area contributed by atoms with Gasteiger partial charge < -0.3 is 10.4 Å². The summed E-state index contributed by atoms with van der Waals surface area (Å²) in [5, 5.41) is 13.1. The molecule has 17 heavy (non-hydrogen) atoms. The molecule has 0 radical (unpaired) electrons. The van der Waals surface area contributed by atoms with Gasteiger partial charge in [0.1, 0.15) is 5.75 Å². The number of hydrogen-bond donors (Lipinski definition) is 2. The fraction of sp³-hybridized carbons (Fsp3) is 0.600. The van der Waals surface area contributed by atoms with Crippen LogP contribution in [0.2, 0.25) is 0 Å². The van der Waals surface area contributed by atoms with Crippen LogP contribution in [0.4, 0.5) is 0 Å². The number of aromatic hydroxyl groups is 1. The quantitative estimate of drug-likeness (QED) is 0.823. The van der Waals surface area contributed by atoms with Crippen LogP contribution in [0.1, 0.15) is 38.3 Å². The van der Waals surface area contributed by atoms with E-state index < -0.39 is 0 Å². The summed E-state index contributed by atoms with van der Waals surface area (Å²) in [7, 11) is 0. The molecule has 1 unspecified atom stereocenters. The Labute approximate surface area is 104 Å². The maximum Gasteiger partial charge on any atom is 0.115 e. The van der Waals surface area contributed by atoms with E-state index in [4.69, 9.17) is 0 Å². The minimum absolute atomic E-state index is 0.194. The Bertz CT molecular complexity index is 392. The van der Waals surface area contributed by atoms with Crippen LogP contribution < -0.4 is 5.32 Å². The predicted molar refractivity (Wildman–Crippen MR) is 71.4 cm³/mol. The monoisotopic (exact) mass is 233 g/mol. The number of phenols is 1. The summed E-state index contributed by atoms with van der Waals surface area (Å²) in [6.07, 6.45) is 3.49. The molecular formula is C15H23NO. The molecule has 0 bridgehead atoms. The zero-order valence-corrected chi connectivity index (χ0v) is 11.1. The highest BCUT2D eigenvalue weighted by atomic mass is 16.3. The van der Waals surface area contributed by atoms with Crippen LogP contribution in [0.15, 0.2) is 18.2 Å². The van der Waals surface area contributed by atoms with Gasteiger partial charge in [-0.3, -0.25) is 0 Å². The molecule has 2 nitrogen and oxygen atoms in total. The minimum Gasteiger partial charge on any atom is -0.508 e. The van der Waals surface area contributed by atoms with Crippen molar-refractivity contribution in [2.45, 2.75) is 45.6 Å². The topological polar surface area (TPSA) is 32.3 Å². The Hall–Kier alpha value is -1.02. The van der Waals surface area contributed by atoms with E-state index in [1.54, 1.807) is 6.07 Å². The number of fused-ring (bicyclic) bond motifs is 1. The highest BCUT2D eigenvalue weighted by Crippen LogP contribution is 2.28. The summed E-state index contributed by atoms with van der Waals surface area (Å²) in [6, 6.07) is 5.79. The minimum atomic E-state index is 0.194. The van der Waals surface area contributed by atoms with Crippen molar-refractivity contribution in [2.75, 3.05) is 6.54 Å². The van der Waals surface area contributed by atoms with Gasteiger partial charge in [0.05, 0.1) is 0 Å². The number of benzene rings is 1. The maximum absolute atomic E-state index is 9.52. The summed E-state index contributed by atoms with van der Waals surface area (Å²) in [4.78, 5) is 0. The second-order valence-electron chi connectivity index (χ2n) is 6.19. The molecule has 1 aliphatic carbocycles. The average Bonchev–Trinajstić information content (AvgIpc) is 2.24. The summed E-state index contributed by atoms with van der Waals surface area (Å²) < 4.78 is 0. The van der Waals surface area contributed by atoms with E-state index in [0.717, 1.165) is 19.4 Å². The lowest BCUT2D eigenvalue weighted by atomic mass is 9.83. The fourth-order valence-electron chi connectivity index (χ4n) is 2.44. The molecule has 2 N–H and O–H groups in total. The summed E-state index contributed by atoms with van der Waals surface area (Å²) in [5.74, 6) is 1.09. The van der Waals surface area contributed by atoms with Crippen molar-refractivity contribution in [1.29, 1.82) is 0 Å². The average molecular weight is 233 g/mol. The van der Waals surface area contributed by atoms with Crippen LogP contribution in [-0.2, 0) is 12.8 Å². The third-order valence-corrected chi connectivity index (χ3v) is 3.44. The largest absolute Gasteiger partial charge is 0.508 e. The zero-order valence-electron chi connectivity index (χ0n) is 11.1. The first kappa shape index (κ1) is 12.4. The van der Waals surface area contributed by atoms with Crippen molar-refractivity contribution in [3.8, 4) is 5.75 Å². The van der Waals surface area contributed by atoms with Gasteiger partial charge in [-0.2, -0.15) is 0 Å². The van der Waals surface area contributed by atoms with Gasteiger partial charge in [0, 0.05) is 5.54 Å². The van der Waals surface area contributed by atoms with E-state index >= 15 is 0 Å². The Balaban J connectivity index is 1.98. The van der Waals surface area contributed by atoms with Gasteiger partial charge in [0.25, 0.3) is 0 Å². The van der Waals surface area contributed by atoms with Gasteiger partial charge in [-0.25, -0.2) is 0 Å². The SMILES string of the molecule is CC(C)(C)NCC1CCc2ccc(O)cc2C1. The van der Waals surface area contributed by atoms with Crippen molar-refractivity contribution in [3.05, 3.63) is 29.3 Å². The van der Waals surface area contributed by atoms with E-state index in [1.165, 1.54) is 17.5 Å². The summed E-state index contributed by atoms with van der Waals surface area (Å²) in [5.41, 5.74) is 2.94. The Kier molecular flexibility index (Phi) is 3.43. The van der Waals surface area contributed by atoms with Crippen LogP contribution in [0.3, 0.4) is 0 Å². The normalized spacial score (nSPS) is 20.1. The third-order valence-electron chi connectivity index (χ3n) is 3.44. The first-order chi connectivity index (χ1) is 7.94. The molecule has 0 aliphatic heterocycles. The van der Waals surface area contributed by atoms with Crippen LogP contribution in [0.5, 0.6) is 5.75 Å². The molecule has 2 heteroatoms. The maximum atomic E-state index is 9.52. The molecule has 0 amide bonds. The van der Waals surface area contributed by atoms with Crippen molar-refractivity contribution in [3.63, 3.8) is 0 Å². The van der Waals surface area contributed by atoms with E-state index in [0.29, 0.717) is 11.7 Å². The summed E-state index contributed by atoms with van der Waals surface area (Å²) in [6.45, 7) is 7.68. The van der Waals surface area contributed by atoms with Crippen LogP contribution in [0.25, 0.3) is 0 Å². The molecule has 0 heterocycles. The standard InChI is InChI=1S/C15H23NO/c1-15(2,3)16-10-11-4-5-12-6-7-14(17)9-13(12)8-11/h6-7,9,11,16-17H,4-5,8,10H2,1-3H3. The lowest BCUT2D eigenvalue weighted by Crippen LogP contribution is -2.40. The van der Waals surface area contributed by atoms with Crippen molar-refractivity contribution in [1.82, 2.24) is 5.32 Å². The molecule has 0 saturated heterocycles. The van der Waals surface area contributed by atoms with Gasteiger partial charge >= 0.3 is 0 Å². The molecule has 0 spiro atoms. The molecule has 94 valence electrons. The van der Waals surface area contributed by atoms with E-state index in [-0.39, 0.29) is 5.54 Å². The molecule has 0 fully saturated rings. The Morgan fingerprint density at radius 2 is 2.06 bits per heavy atom. The molecule has 1 aromatic rings. The third kappa shape index (κ3) is 3.47. The lowest BCUT2D eigenvalue weighted by Gasteiger charge is -2.29. The molecular weight excluding hydrogens is 210 g/mol. The van der Waals surface area contributed by atoms with E-state index in [9.17, 15) is 5.11 Å². The van der Waals surface area contributed by atoms with E-state index in [2.05, 4.69) is 32.2 Å². The molecule has 0 aromatic heterocycles. The number of hydrogen-bond acceptors (Lipinski definition) is 2. The molecule has 0 saturated carbocycles. The number of aryl methyl sites for hydroxylation is 1. The lowest BCUT2D eigenvalue weighted by molar-refractivity contribution is 0.348. The van der Waals surface area contributed by atoms with E-state index in [1.807, 2.05) is 6.07 Å². The summed E-state index contributed by atoms with van der Waals surface area (Å²) >= 11 is 0. The van der Waals surface area contributed by atoms with Gasteiger partial charge in [-0.05, 0) is 75.8 Å².